The first kappa shape index (κ1) is 16.5. The molecule has 1 aromatic carbocycles. The van der Waals surface area contributed by atoms with Gasteiger partial charge in [0.15, 0.2) is 0 Å². The zero-order chi connectivity index (χ0) is 15.0. The fourth-order valence-electron chi connectivity index (χ4n) is 2.14. The lowest BCUT2D eigenvalue weighted by molar-refractivity contribution is 0.173. The van der Waals surface area contributed by atoms with E-state index in [1.54, 1.807) is 0 Å². The van der Waals surface area contributed by atoms with Gasteiger partial charge in [-0.1, -0.05) is 25.1 Å². The second-order valence-corrected chi connectivity index (χ2v) is 5.27. The van der Waals surface area contributed by atoms with Gasteiger partial charge in [-0.05, 0) is 32.9 Å². The Balaban J connectivity index is 2.66. The van der Waals surface area contributed by atoms with Gasteiger partial charge in [-0.25, -0.2) is 0 Å². The molecular formula is C16H24N2O2. The third-order valence-electron chi connectivity index (χ3n) is 3.18. The quantitative estimate of drug-likeness (QED) is 0.766. The molecule has 0 radical (unpaired) electrons. The van der Waals surface area contributed by atoms with E-state index >= 15 is 0 Å². The van der Waals surface area contributed by atoms with Crippen molar-refractivity contribution in [3.63, 3.8) is 0 Å². The maximum Gasteiger partial charge on any atom is 0.125 e. The van der Waals surface area contributed by atoms with Crippen LogP contribution in [0.25, 0.3) is 0 Å². The van der Waals surface area contributed by atoms with Crippen LogP contribution in [0.4, 0.5) is 0 Å². The Kier molecular flexibility index (Phi) is 6.50. The van der Waals surface area contributed by atoms with Crippen LogP contribution in [-0.4, -0.2) is 23.3 Å². The topological polar surface area (TPSA) is 65.3 Å². The number of benzene rings is 1. The van der Waals surface area contributed by atoms with Gasteiger partial charge in [-0.3, -0.25) is 5.32 Å². The molecule has 2 atom stereocenters. The number of nitrogens with one attached hydrogen (secondary N) is 1. The molecule has 0 aliphatic rings. The van der Waals surface area contributed by atoms with Crippen molar-refractivity contribution in [1.29, 1.82) is 5.26 Å². The minimum atomic E-state index is -0.594. The lowest BCUT2D eigenvalue weighted by Gasteiger charge is -2.27. The van der Waals surface area contributed by atoms with Crippen LogP contribution in [0.1, 0.15) is 39.2 Å². The molecule has 0 spiro atoms. The second-order valence-electron chi connectivity index (χ2n) is 5.27. The number of aliphatic hydroxyl groups excluding tert-OH is 1. The molecule has 110 valence electrons. The molecule has 0 bridgehead atoms. The van der Waals surface area contributed by atoms with Gasteiger partial charge in [0, 0.05) is 12.0 Å². The zero-order valence-corrected chi connectivity index (χ0v) is 12.5. The van der Waals surface area contributed by atoms with Crippen molar-refractivity contribution in [2.24, 2.45) is 0 Å². The predicted octanol–water partition coefficient (Wildman–Crippen LogP) is 2.62. The summed E-state index contributed by atoms with van der Waals surface area (Å²) in [6, 6.07) is 9.73. The van der Waals surface area contributed by atoms with Crippen LogP contribution in [0.15, 0.2) is 24.3 Å². The van der Waals surface area contributed by atoms with E-state index < -0.39 is 5.54 Å². The highest BCUT2D eigenvalue weighted by Crippen LogP contribution is 2.22. The molecule has 2 N–H and O–H groups in total. The third-order valence-corrected chi connectivity index (χ3v) is 3.18. The molecule has 0 aliphatic heterocycles. The summed E-state index contributed by atoms with van der Waals surface area (Å²) in [6.07, 6.45) is 1.46. The zero-order valence-electron chi connectivity index (χ0n) is 12.5. The predicted molar refractivity (Wildman–Crippen MR) is 79.4 cm³/mol. The Labute approximate surface area is 121 Å². The number of nitrogens with zero attached hydrogens (tertiary/aromatic N) is 1. The van der Waals surface area contributed by atoms with Crippen molar-refractivity contribution in [3.05, 3.63) is 29.8 Å². The fraction of sp³-hybridized carbons (Fsp3) is 0.562. The van der Waals surface area contributed by atoms with Gasteiger partial charge in [-0.2, -0.15) is 5.26 Å². The summed E-state index contributed by atoms with van der Waals surface area (Å²) < 4.78 is 5.86. The Morgan fingerprint density at radius 2 is 2.15 bits per heavy atom. The van der Waals surface area contributed by atoms with Crippen LogP contribution in [0, 0.1) is 11.3 Å². The molecular weight excluding hydrogens is 252 g/mol. The summed E-state index contributed by atoms with van der Waals surface area (Å²) in [6.45, 7) is 6.66. The first-order valence-corrected chi connectivity index (χ1v) is 7.06. The molecule has 4 nitrogen and oxygen atoms in total. The summed E-state index contributed by atoms with van der Waals surface area (Å²) >= 11 is 0. The van der Waals surface area contributed by atoms with Gasteiger partial charge >= 0.3 is 0 Å². The molecule has 0 fully saturated rings. The van der Waals surface area contributed by atoms with E-state index in [4.69, 9.17) is 4.74 Å². The molecule has 1 aromatic rings. The minimum absolute atomic E-state index is 0.0491. The molecule has 0 saturated heterocycles. The molecule has 20 heavy (non-hydrogen) atoms. The van der Waals surface area contributed by atoms with Crippen molar-refractivity contribution in [2.75, 3.05) is 6.54 Å². The summed E-state index contributed by atoms with van der Waals surface area (Å²) in [4.78, 5) is 0. The van der Waals surface area contributed by atoms with E-state index in [9.17, 15) is 10.4 Å². The highest BCUT2D eigenvalue weighted by Gasteiger charge is 2.26. The summed E-state index contributed by atoms with van der Waals surface area (Å²) in [7, 11) is 0. The van der Waals surface area contributed by atoms with Crippen molar-refractivity contribution in [2.45, 2.75) is 51.9 Å². The number of nitriles is 1. The van der Waals surface area contributed by atoms with E-state index in [0.29, 0.717) is 12.2 Å². The van der Waals surface area contributed by atoms with Crippen LogP contribution in [0.3, 0.4) is 0 Å². The van der Waals surface area contributed by atoms with Gasteiger partial charge in [0.05, 0.1) is 18.8 Å². The van der Waals surface area contributed by atoms with E-state index in [1.807, 2.05) is 38.1 Å². The number of para-hydroxylation sites is 1. The SMILES string of the molecule is CCCNC(C)(C#N)CC(C)Oc1ccccc1CO. The van der Waals surface area contributed by atoms with Gasteiger partial charge in [0.2, 0.25) is 0 Å². The van der Waals surface area contributed by atoms with Crippen LogP contribution in [0.5, 0.6) is 5.75 Å². The lowest BCUT2D eigenvalue weighted by Crippen LogP contribution is -2.44. The summed E-state index contributed by atoms with van der Waals surface area (Å²) in [5, 5.41) is 21.9. The maximum absolute atomic E-state index is 9.32. The van der Waals surface area contributed by atoms with Crippen molar-refractivity contribution >= 4 is 0 Å². The van der Waals surface area contributed by atoms with Crippen molar-refractivity contribution < 1.29 is 9.84 Å². The molecule has 0 saturated carbocycles. The van der Waals surface area contributed by atoms with Gasteiger partial charge in [-0.15, -0.1) is 0 Å². The maximum atomic E-state index is 9.32. The standard InChI is InChI=1S/C16H24N2O2/c1-4-9-18-16(3,12-17)10-13(2)20-15-8-6-5-7-14(15)11-19/h5-8,13,18-19H,4,9-11H2,1-3H3. The van der Waals surface area contributed by atoms with Crippen LogP contribution in [-0.2, 0) is 6.61 Å². The van der Waals surface area contributed by atoms with Crippen molar-refractivity contribution in [1.82, 2.24) is 5.32 Å². The number of hydrogen-bond donors (Lipinski definition) is 2. The van der Waals surface area contributed by atoms with Gasteiger partial charge in [0.1, 0.15) is 11.3 Å². The Bertz CT molecular complexity index is 456. The number of ether oxygens (including phenoxy) is 1. The average molecular weight is 276 g/mol. The van der Waals surface area contributed by atoms with Crippen LogP contribution in [0.2, 0.25) is 0 Å². The van der Waals surface area contributed by atoms with E-state index in [0.717, 1.165) is 18.5 Å². The fourth-order valence-corrected chi connectivity index (χ4v) is 2.14. The Hall–Kier alpha value is -1.57. The number of aliphatic hydroxyl groups is 1. The molecule has 0 heterocycles. The lowest BCUT2D eigenvalue weighted by atomic mass is 9.96. The van der Waals surface area contributed by atoms with Crippen molar-refractivity contribution in [3.8, 4) is 11.8 Å². The van der Waals surface area contributed by atoms with E-state index in [-0.39, 0.29) is 12.7 Å². The first-order chi connectivity index (χ1) is 9.54. The highest BCUT2D eigenvalue weighted by molar-refractivity contribution is 5.32. The van der Waals surface area contributed by atoms with Gasteiger partial charge in [0.25, 0.3) is 0 Å². The second kappa shape index (κ2) is 7.88. The molecule has 0 aromatic heterocycles. The molecule has 0 aliphatic carbocycles. The minimum Gasteiger partial charge on any atom is -0.490 e. The summed E-state index contributed by atoms with van der Waals surface area (Å²) in [5.41, 5.74) is 0.170. The molecule has 4 heteroatoms. The largest absolute Gasteiger partial charge is 0.490 e. The smallest absolute Gasteiger partial charge is 0.125 e. The first-order valence-electron chi connectivity index (χ1n) is 7.06. The Morgan fingerprint density at radius 3 is 2.75 bits per heavy atom. The normalized spacial score (nSPS) is 15.2. The van der Waals surface area contributed by atoms with Gasteiger partial charge < -0.3 is 9.84 Å². The van der Waals surface area contributed by atoms with E-state index in [1.165, 1.54) is 0 Å². The molecule has 2 unspecified atom stereocenters. The molecule has 0 amide bonds. The van der Waals surface area contributed by atoms with E-state index in [2.05, 4.69) is 18.3 Å². The number of hydrogen-bond acceptors (Lipinski definition) is 4. The number of rotatable bonds is 8. The summed E-state index contributed by atoms with van der Waals surface area (Å²) in [5.74, 6) is 0.679. The average Bonchev–Trinajstić information content (AvgIpc) is 2.45. The Morgan fingerprint density at radius 1 is 1.45 bits per heavy atom. The molecule has 1 rings (SSSR count). The monoisotopic (exact) mass is 276 g/mol. The highest BCUT2D eigenvalue weighted by atomic mass is 16.5. The van der Waals surface area contributed by atoms with Crippen LogP contribution >= 0.6 is 0 Å². The third kappa shape index (κ3) is 4.84. The van der Waals surface area contributed by atoms with Crippen LogP contribution < -0.4 is 10.1 Å².